The molecule has 0 aliphatic carbocycles. The Morgan fingerprint density at radius 2 is 2.15 bits per heavy atom. The average molecular weight is 276 g/mol. The number of amides is 2. The minimum atomic E-state index is -0.168. The van der Waals surface area contributed by atoms with E-state index in [-0.39, 0.29) is 24.5 Å². The molecule has 1 heterocycles. The molecule has 0 saturated carbocycles. The van der Waals surface area contributed by atoms with Crippen molar-refractivity contribution in [3.63, 3.8) is 0 Å². The molecule has 1 aliphatic heterocycles. The first-order valence-electron chi connectivity index (χ1n) is 6.71. The van der Waals surface area contributed by atoms with Gasteiger partial charge in [0, 0.05) is 19.2 Å². The van der Waals surface area contributed by atoms with Crippen molar-refractivity contribution in [3.05, 3.63) is 29.3 Å². The van der Waals surface area contributed by atoms with Crippen molar-refractivity contribution in [2.75, 3.05) is 24.6 Å². The van der Waals surface area contributed by atoms with E-state index < -0.39 is 0 Å². The summed E-state index contributed by atoms with van der Waals surface area (Å²) in [5.74, 6) is -0.143. The van der Waals surface area contributed by atoms with Crippen LogP contribution in [0, 0.1) is 13.8 Å². The van der Waals surface area contributed by atoms with E-state index in [1.807, 2.05) is 32.0 Å². The Morgan fingerprint density at radius 3 is 2.80 bits per heavy atom. The number of carbonyl (C=O) groups is 2. The van der Waals surface area contributed by atoms with Crippen LogP contribution in [0.15, 0.2) is 18.2 Å². The van der Waals surface area contributed by atoms with E-state index in [0.717, 1.165) is 11.3 Å². The monoisotopic (exact) mass is 276 g/mol. The maximum absolute atomic E-state index is 12.0. The molecule has 2 rings (SSSR count). The largest absolute Gasteiger partial charge is 0.365 e. The molecule has 5 nitrogen and oxygen atoms in total. The Morgan fingerprint density at radius 1 is 1.40 bits per heavy atom. The molecule has 0 bridgehead atoms. The molecule has 0 aromatic heterocycles. The van der Waals surface area contributed by atoms with Crippen LogP contribution in [-0.2, 0) is 14.3 Å². The number of ether oxygens (including phenoxy) is 1. The van der Waals surface area contributed by atoms with Gasteiger partial charge in [-0.05, 0) is 37.1 Å². The first kappa shape index (κ1) is 14.5. The number of morpholine rings is 1. The van der Waals surface area contributed by atoms with Gasteiger partial charge in [0.1, 0.15) is 6.61 Å². The summed E-state index contributed by atoms with van der Waals surface area (Å²) in [4.78, 5) is 24.7. The summed E-state index contributed by atoms with van der Waals surface area (Å²) in [6.45, 7) is 6.47. The van der Waals surface area contributed by atoms with Crippen molar-refractivity contribution in [2.45, 2.75) is 26.9 Å². The molecule has 1 atom stereocenters. The number of hydrogen-bond donors (Lipinski definition) is 1. The molecule has 1 aromatic rings. The van der Waals surface area contributed by atoms with E-state index in [4.69, 9.17) is 4.74 Å². The lowest BCUT2D eigenvalue weighted by Gasteiger charge is -2.33. The van der Waals surface area contributed by atoms with Gasteiger partial charge in [0.05, 0.1) is 12.6 Å². The second-order valence-corrected chi connectivity index (χ2v) is 5.14. The molecule has 1 fully saturated rings. The number of anilines is 1. The standard InChI is InChI=1S/C15H20N2O3/c1-10-4-5-13(6-11(10)2)17-8-14(7-16-12(3)18)20-9-15(17)19/h4-6,14H,7-9H2,1-3H3,(H,16,18). The molecule has 20 heavy (non-hydrogen) atoms. The molecule has 2 amide bonds. The third kappa shape index (κ3) is 3.36. The van der Waals surface area contributed by atoms with Crippen LogP contribution in [0.4, 0.5) is 5.69 Å². The quantitative estimate of drug-likeness (QED) is 0.901. The second kappa shape index (κ2) is 6.05. The molecule has 0 radical (unpaired) electrons. The summed E-state index contributed by atoms with van der Waals surface area (Å²) in [7, 11) is 0. The Balaban J connectivity index is 2.10. The fourth-order valence-corrected chi connectivity index (χ4v) is 2.15. The van der Waals surface area contributed by atoms with Gasteiger partial charge in [0.2, 0.25) is 5.91 Å². The first-order valence-corrected chi connectivity index (χ1v) is 6.71. The molecule has 5 heteroatoms. The van der Waals surface area contributed by atoms with Gasteiger partial charge in [0.25, 0.3) is 5.91 Å². The van der Waals surface area contributed by atoms with Gasteiger partial charge in [-0.1, -0.05) is 6.07 Å². The van der Waals surface area contributed by atoms with Crippen molar-refractivity contribution in [2.24, 2.45) is 0 Å². The first-order chi connectivity index (χ1) is 9.47. The van der Waals surface area contributed by atoms with Crippen LogP contribution < -0.4 is 10.2 Å². The van der Waals surface area contributed by atoms with Crippen LogP contribution in [-0.4, -0.2) is 37.6 Å². The van der Waals surface area contributed by atoms with Crippen LogP contribution >= 0.6 is 0 Å². The second-order valence-electron chi connectivity index (χ2n) is 5.14. The average Bonchev–Trinajstić information content (AvgIpc) is 2.41. The summed E-state index contributed by atoms with van der Waals surface area (Å²) < 4.78 is 5.44. The number of benzene rings is 1. The van der Waals surface area contributed by atoms with E-state index in [1.54, 1.807) is 4.90 Å². The number of nitrogens with zero attached hydrogens (tertiary/aromatic N) is 1. The normalized spacial score (nSPS) is 19.1. The minimum Gasteiger partial charge on any atom is -0.365 e. The molecular formula is C15H20N2O3. The molecule has 1 saturated heterocycles. The zero-order valence-electron chi connectivity index (χ0n) is 12.1. The summed E-state index contributed by atoms with van der Waals surface area (Å²) >= 11 is 0. The lowest BCUT2D eigenvalue weighted by Crippen LogP contribution is -2.50. The fourth-order valence-electron chi connectivity index (χ4n) is 2.15. The van der Waals surface area contributed by atoms with Crippen LogP contribution in [0.3, 0.4) is 0 Å². The van der Waals surface area contributed by atoms with E-state index in [1.165, 1.54) is 12.5 Å². The van der Waals surface area contributed by atoms with Gasteiger partial charge < -0.3 is 15.0 Å². The van der Waals surface area contributed by atoms with Gasteiger partial charge in [-0.25, -0.2) is 0 Å². The van der Waals surface area contributed by atoms with Crippen molar-refractivity contribution in [3.8, 4) is 0 Å². The highest BCUT2D eigenvalue weighted by Gasteiger charge is 2.27. The molecule has 1 aromatic carbocycles. The fraction of sp³-hybridized carbons (Fsp3) is 0.467. The van der Waals surface area contributed by atoms with Crippen molar-refractivity contribution in [1.29, 1.82) is 0 Å². The highest BCUT2D eigenvalue weighted by atomic mass is 16.5. The van der Waals surface area contributed by atoms with Gasteiger partial charge in [0.15, 0.2) is 0 Å². The topological polar surface area (TPSA) is 58.6 Å². The number of aryl methyl sites for hydroxylation is 2. The summed E-state index contributed by atoms with van der Waals surface area (Å²) in [6.07, 6.45) is -0.168. The number of carbonyl (C=O) groups excluding carboxylic acids is 2. The molecule has 1 unspecified atom stereocenters. The maximum atomic E-state index is 12.0. The lowest BCUT2D eigenvalue weighted by atomic mass is 10.1. The lowest BCUT2D eigenvalue weighted by molar-refractivity contribution is -0.129. The van der Waals surface area contributed by atoms with Gasteiger partial charge >= 0.3 is 0 Å². The molecule has 0 spiro atoms. The van der Waals surface area contributed by atoms with Gasteiger partial charge in [-0.15, -0.1) is 0 Å². The summed E-state index contributed by atoms with van der Waals surface area (Å²) in [6, 6.07) is 5.96. The molecular weight excluding hydrogens is 256 g/mol. The van der Waals surface area contributed by atoms with Crippen molar-refractivity contribution < 1.29 is 14.3 Å². The zero-order chi connectivity index (χ0) is 14.7. The smallest absolute Gasteiger partial charge is 0.253 e. The van der Waals surface area contributed by atoms with Gasteiger partial charge in [-0.2, -0.15) is 0 Å². The Hall–Kier alpha value is -1.88. The van der Waals surface area contributed by atoms with E-state index >= 15 is 0 Å². The van der Waals surface area contributed by atoms with Crippen LogP contribution in [0.5, 0.6) is 0 Å². The van der Waals surface area contributed by atoms with E-state index in [2.05, 4.69) is 5.32 Å². The summed E-state index contributed by atoms with van der Waals surface area (Å²) in [5.41, 5.74) is 3.23. The number of nitrogens with one attached hydrogen (secondary N) is 1. The number of rotatable bonds is 3. The predicted octanol–water partition coefficient (Wildman–Crippen LogP) is 1.17. The van der Waals surface area contributed by atoms with Crippen LogP contribution in [0.2, 0.25) is 0 Å². The zero-order valence-corrected chi connectivity index (χ0v) is 12.1. The highest BCUT2D eigenvalue weighted by Crippen LogP contribution is 2.21. The van der Waals surface area contributed by atoms with E-state index in [0.29, 0.717) is 13.1 Å². The Kier molecular flexibility index (Phi) is 4.39. The SMILES string of the molecule is CC(=O)NCC1CN(c2ccc(C)c(C)c2)C(=O)CO1. The van der Waals surface area contributed by atoms with Crippen molar-refractivity contribution >= 4 is 17.5 Å². The summed E-state index contributed by atoms with van der Waals surface area (Å²) in [5, 5.41) is 2.72. The van der Waals surface area contributed by atoms with Crippen molar-refractivity contribution in [1.82, 2.24) is 5.32 Å². The maximum Gasteiger partial charge on any atom is 0.253 e. The minimum absolute atomic E-state index is 0.0488. The van der Waals surface area contributed by atoms with Crippen LogP contribution in [0.25, 0.3) is 0 Å². The Bertz CT molecular complexity index is 528. The Labute approximate surface area is 118 Å². The molecule has 1 N–H and O–H groups in total. The highest BCUT2D eigenvalue weighted by molar-refractivity contribution is 5.95. The van der Waals surface area contributed by atoms with Gasteiger partial charge in [-0.3, -0.25) is 9.59 Å². The third-order valence-corrected chi connectivity index (χ3v) is 3.51. The van der Waals surface area contributed by atoms with Crippen LogP contribution in [0.1, 0.15) is 18.1 Å². The molecule has 1 aliphatic rings. The molecule has 108 valence electrons. The third-order valence-electron chi connectivity index (χ3n) is 3.51. The van der Waals surface area contributed by atoms with E-state index in [9.17, 15) is 9.59 Å². The predicted molar refractivity (Wildman–Crippen MR) is 76.7 cm³/mol. The number of hydrogen-bond acceptors (Lipinski definition) is 3.